The van der Waals surface area contributed by atoms with Crippen LogP contribution < -0.4 is 0 Å². The Bertz CT molecular complexity index is 563. The second-order valence-corrected chi connectivity index (χ2v) is 8.69. The van der Waals surface area contributed by atoms with Crippen molar-refractivity contribution < 1.29 is 0 Å². The zero-order valence-electron chi connectivity index (χ0n) is 16.3. The van der Waals surface area contributed by atoms with Crippen LogP contribution in [0.5, 0.6) is 0 Å². The third-order valence-electron chi connectivity index (χ3n) is 7.28. The Morgan fingerprint density at radius 3 is 1.84 bits per heavy atom. The lowest BCUT2D eigenvalue weighted by molar-refractivity contribution is 0.238. The van der Waals surface area contributed by atoms with Crippen LogP contribution in [-0.2, 0) is 0 Å². The molecular formula is C24H35N. The summed E-state index contributed by atoms with van der Waals surface area (Å²) in [7, 11) is 0. The molecule has 0 unspecified atom stereocenters. The van der Waals surface area contributed by atoms with Crippen LogP contribution in [0.1, 0.15) is 107 Å². The summed E-state index contributed by atoms with van der Waals surface area (Å²) in [5.74, 6) is 2.45. The van der Waals surface area contributed by atoms with Gasteiger partial charge in [-0.25, -0.2) is 0 Å². The molecule has 1 aromatic rings. The molecule has 25 heavy (non-hydrogen) atoms. The van der Waals surface area contributed by atoms with Gasteiger partial charge >= 0.3 is 0 Å². The molecule has 0 amide bonds. The molecule has 3 rings (SSSR count). The summed E-state index contributed by atoms with van der Waals surface area (Å²) >= 11 is 0. The van der Waals surface area contributed by atoms with Crippen molar-refractivity contribution in [2.45, 2.75) is 96.3 Å². The fourth-order valence-electron chi connectivity index (χ4n) is 5.28. The zero-order valence-corrected chi connectivity index (χ0v) is 16.3. The van der Waals surface area contributed by atoms with Gasteiger partial charge in [-0.3, -0.25) is 0 Å². The van der Waals surface area contributed by atoms with E-state index in [1.165, 1.54) is 56.9 Å². The highest BCUT2D eigenvalue weighted by molar-refractivity contribution is 5.28. The van der Waals surface area contributed by atoms with Crippen molar-refractivity contribution in [1.82, 2.24) is 0 Å². The fourth-order valence-corrected chi connectivity index (χ4v) is 5.28. The number of rotatable bonds is 5. The first-order chi connectivity index (χ1) is 12.2. The molecule has 0 atom stereocenters. The molecule has 136 valence electrons. The van der Waals surface area contributed by atoms with Gasteiger partial charge in [-0.1, -0.05) is 51.0 Å². The highest BCUT2D eigenvalue weighted by Crippen LogP contribution is 2.45. The lowest BCUT2D eigenvalue weighted by Gasteiger charge is -2.34. The number of benzene rings is 1. The Balaban J connectivity index is 1.56. The van der Waals surface area contributed by atoms with Crippen LogP contribution in [0.2, 0.25) is 0 Å². The molecule has 2 aliphatic rings. The topological polar surface area (TPSA) is 23.8 Å². The molecule has 1 aromatic carbocycles. The van der Waals surface area contributed by atoms with Gasteiger partial charge in [0.1, 0.15) is 0 Å². The normalized spacial score (nSPS) is 32.9. The van der Waals surface area contributed by atoms with Gasteiger partial charge in [0, 0.05) is 0 Å². The quantitative estimate of drug-likeness (QED) is 0.551. The van der Waals surface area contributed by atoms with E-state index in [4.69, 9.17) is 0 Å². The number of hydrogen-bond acceptors (Lipinski definition) is 1. The Hall–Kier alpha value is -1.29. The van der Waals surface area contributed by atoms with E-state index in [-0.39, 0.29) is 5.41 Å². The largest absolute Gasteiger partial charge is 0.198 e. The fraction of sp³-hybridized carbons (Fsp3) is 0.708. The molecule has 0 N–H and O–H groups in total. The van der Waals surface area contributed by atoms with Crippen molar-refractivity contribution in [2.24, 2.45) is 11.3 Å². The summed E-state index contributed by atoms with van der Waals surface area (Å²) in [6.45, 7) is 4.49. The minimum absolute atomic E-state index is 0.0342. The lowest BCUT2D eigenvalue weighted by atomic mass is 9.68. The van der Waals surface area contributed by atoms with Crippen LogP contribution in [0, 0.1) is 22.7 Å². The minimum Gasteiger partial charge on any atom is -0.198 e. The van der Waals surface area contributed by atoms with Crippen LogP contribution in [0.15, 0.2) is 24.3 Å². The first-order valence-electron chi connectivity index (χ1n) is 10.7. The van der Waals surface area contributed by atoms with Crippen LogP contribution >= 0.6 is 0 Å². The van der Waals surface area contributed by atoms with Gasteiger partial charge in [0.05, 0.1) is 11.5 Å². The first kappa shape index (κ1) is 18.5. The summed E-state index contributed by atoms with van der Waals surface area (Å²) in [4.78, 5) is 0. The van der Waals surface area contributed by atoms with Crippen molar-refractivity contribution >= 4 is 0 Å². The molecule has 0 aliphatic heterocycles. The van der Waals surface area contributed by atoms with E-state index < -0.39 is 0 Å². The van der Waals surface area contributed by atoms with Gasteiger partial charge in [0.25, 0.3) is 0 Å². The third-order valence-corrected chi connectivity index (χ3v) is 7.28. The molecule has 0 bridgehead atoms. The van der Waals surface area contributed by atoms with E-state index in [1.807, 2.05) is 0 Å². The molecule has 1 heteroatoms. The number of nitriles is 1. The Kier molecular flexibility index (Phi) is 6.21. The van der Waals surface area contributed by atoms with Crippen molar-refractivity contribution in [3.63, 3.8) is 0 Å². The van der Waals surface area contributed by atoms with Crippen molar-refractivity contribution in [2.75, 3.05) is 0 Å². The summed E-state index contributed by atoms with van der Waals surface area (Å²) < 4.78 is 0. The van der Waals surface area contributed by atoms with Gasteiger partial charge in [-0.05, 0) is 86.7 Å². The number of nitrogens with zero attached hydrogens (tertiary/aromatic N) is 1. The molecule has 0 radical (unpaired) electrons. The van der Waals surface area contributed by atoms with E-state index in [0.29, 0.717) is 5.92 Å². The predicted octanol–water partition coefficient (Wildman–Crippen LogP) is 7.34. The van der Waals surface area contributed by atoms with Gasteiger partial charge in [0.15, 0.2) is 0 Å². The van der Waals surface area contributed by atoms with Gasteiger partial charge in [0.2, 0.25) is 0 Å². The second kappa shape index (κ2) is 8.39. The highest BCUT2D eigenvalue weighted by Gasteiger charge is 2.34. The van der Waals surface area contributed by atoms with Crippen molar-refractivity contribution in [3.8, 4) is 6.07 Å². The maximum atomic E-state index is 9.48. The van der Waals surface area contributed by atoms with E-state index in [2.05, 4.69) is 44.2 Å². The SMILES string of the molecule is CCC[C@H]1CC[C@H](c2ccc([C@H]3CC[C@@](C#N)(CC)CC3)cc2)CC1. The minimum atomic E-state index is -0.0342. The standard InChI is InChI=1S/C24H35N/c1-3-5-19-6-8-20(9-7-19)21-10-12-22(13-11-21)23-14-16-24(4-2,18-25)17-15-23/h10-13,19-20,23H,3-9,14-17H2,1-2H3/t19-,20-,23-,24-. The molecule has 0 saturated heterocycles. The Labute approximate surface area is 154 Å². The van der Waals surface area contributed by atoms with Crippen LogP contribution in [-0.4, -0.2) is 0 Å². The summed E-state index contributed by atoms with van der Waals surface area (Å²) in [5, 5.41) is 9.48. The Morgan fingerprint density at radius 2 is 1.40 bits per heavy atom. The van der Waals surface area contributed by atoms with Crippen LogP contribution in [0.3, 0.4) is 0 Å². The molecule has 1 nitrogen and oxygen atoms in total. The van der Waals surface area contributed by atoms with Crippen LogP contribution in [0.25, 0.3) is 0 Å². The molecule has 2 fully saturated rings. The monoisotopic (exact) mass is 337 g/mol. The van der Waals surface area contributed by atoms with Crippen LogP contribution in [0.4, 0.5) is 0 Å². The molecule has 0 heterocycles. The van der Waals surface area contributed by atoms with E-state index in [0.717, 1.165) is 31.1 Å². The summed E-state index contributed by atoms with van der Waals surface area (Å²) in [6.07, 6.45) is 13.9. The molecule has 2 saturated carbocycles. The second-order valence-electron chi connectivity index (χ2n) is 8.69. The maximum Gasteiger partial charge on any atom is 0.0689 e. The summed E-state index contributed by atoms with van der Waals surface area (Å²) in [5.41, 5.74) is 3.04. The van der Waals surface area contributed by atoms with Gasteiger partial charge < -0.3 is 0 Å². The van der Waals surface area contributed by atoms with E-state index >= 15 is 0 Å². The number of hydrogen-bond donors (Lipinski definition) is 0. The van der Waals surface area contributed by atoms with Gasteiger partial charge in [-0.15, -0.1) is 0 Å². The predicted molar refractivity (Wildman–Crippen MR) is 106 cm³/mol. The van der Waals surface area contributed by atoms with Crippen molar-refractivity contribution in [1.29, 1.82) is 5.26 Å². The summed E-state index contributed by atoms with van der Waals surface area (Å²) in [6, 6.07) is 12.2. The smallest absolute Gasteiger partial charge is 0.0689 e. The van der Waals surface area contributed by atoms with E-state index in [1.54, 1.807) is 5.56 Å². The molecular weight excluding hydrogens is 302 g/mol. The molecule has 2 aliphatic carbocycles. The van der Waals surface area contributed by atoms with Gasteiger partial charge in [-0.2, -0.15) is 5.26 Å². The average Bonchev–Trinajstić information content (AvgIpc) is 2.69. The maximum absolute atomic E-state index is 9.48. The first-order valence-corrected chi connectivity index (χ1v) is 10.7. The van der Waals surface area contributed by atoms with Crippen molar-refractivity contribution in [3.05, 3.63) is 35.4 Å². The third kappa shape index (κ3) is 4.28. The molecule has 0 spiro atoms. The Morgan fingerprint density at radius 1 is 0.880 bits per heavy atom. The average molecular weight is 338 g/mol. The van der Waals surface area contributed by atoms with E-state index in [9.17, 15) is 5.26 Å². The lowest BCUT2D eigenvalue weighted by Crippen LogP contribution is -2.24. The zero-order chi connectivity index (χ0) is 17.7. The highest BCUT2D eigenvalue weighted by atomic mass is 14.4. The molecule has 0 aromatic heterocycles.